The molecule has 1 heterocycles. The van der Waals surface area contributed by atoms with Gasteiger partial charge in [-0.1, -0.05) is 18.7 Å². The van der Waals surface area contributed by atoms with Gasteiger partial charge in [0.05, 0.1) is 19.8 Å². The summed E-state index contributed by atoms with van der Waals surface area (Å²) in [5, 5.41) is 9.41. The number of benzene rings is 1. The number of imide groups is 1. The number of nitrogens with zero attached hydrogens (tertiary/aromatic N) is 2. The molecule has 0 aromatic heterocycles. The summed E-state index contributed by atoms with van der Waals surface area (Å²) in [6.45, 7) is 8.12. The lowest BCUT2D eigenvalue weighted by Crippen LogP contribution is -2.44. The second-order valence-corrected chi connectivity index (χ2v) is 6.16. The molecular formula is C22H24N2O5. The Labute approximate surface area is 170 Å². The fourth-order valence-corrected chi connectivity index (χ4v) is 2.83. The Bertz CT molecular complexity index is 908. The van der Waals surface area contributed by atoms with Crippen molar-refractivity contribution in [2.75, 3.05) is 33.5 Å². The van der Waals surface area contributed by atoms with E-state index in [9.17, 15) is 14.9 Å². The van der Waals surface area contributed by atoms with E-state index in [-0.39, 0.29) is 24.3 Å². The van der Waals surface area contributed by atoms with Crippen LogP contribution < -0.4 is 9.47 Å². The zero-order chi connectivity index (χ0) is 21.4. The maximum absolute atomic E-state index is 12.9. The number of ether oxygens (including phenoxy) is 3. The summed E-state index contributed by atoms with van der Waals surface area (Å²) in [6.07, 6.45) is 3.27. The van der Waals surface area contributed by atoms with E-state index < -0.39 is 11.8 Å². The molecule has 0 spiro atoms. The lowest BCUT2D eigenvalue weighted by atomic mass is 9.93. The smallest absolute Gasteiger partial charge is 0.271 e. The van der Waals surface area contributed by atoms with E-state index in [0.29, 0.717) is 35.8 Å². The first-order valence-corrected chi connectivity index (χ1v) is 9.17. The zero-order valence-corrected chi connectivity index (χ0v) is 16.9. The lowest BCUT2D eigenvalue weighted by molar-refractivity contribution is -0.141. The SMILES string of the molecule is C=CCOc1ccc(/C=C2/C(=O)N(CCOC)C(=O)C(C#N)=C2C)cc1OCC. The predicted octanol–water partition coefficient (Wildman–Crippen LogP) is 2.89. The van der Waals surface area contributed by atoms with Crippen LogP contribution in [0.15, 0.2) is 47.6 Å². The van der Waals surface area contributed by atoms with Crippen molar-refractivity contribution in [2.24, 2.45) is 0 Å². The summed E-state index contributed by atoms with van der Waals surface area (Å²) in [4.78, 5) is 26.4. The molecule has 0 fully saturated rings. The van der Waals surface area contributed by atoms with Crippen LogP contribution in [0.1, 0.15) is 19.4 Å². The van der Waals surface area contributed by atoms with Crippen LogP contribution in [0.25, 0.3) is 6.08 Å². The average Bonchev–Trinajstić information content (AvgIpc) is 2.71. The summed E-state index contributed by atoms with van der Waals surface area (Å²) in [6, 6.07) is 7.17. The van der Waals surface area contributed by atoms with Gasteiger partial charge in [-0.2, -0.15) is 5.26 Å². The van der Waals surface area contributed by atoms with Gasteiger partial charge in [0, 0.05) is 12.7 Å². The van der Waals surface area contributed by atoms with Crippen molar-refractivity contribution in [1.29, 1.82) is 5.26 Å². The Hall–Kier alpha value is -3.37. The van der Waals surface area contributed by atoms with Crippen molar-refractivity contribution in [3.8, 4) is 17.6 Å². The van der Waals surface area contributed by atoms with Crippen molar-refractivity contribution >= 4 is 17.9 Å². The van der Waals surface area contributed by atoms with Gasteiger partial charge in [0.15, 0.2) is 11.5 Å². The molecule has 0 bridgehead atoms. The largest absolute Gasteiger partial charge is 0.490 e. The number of hydrogen-bond acceptors (Lipinski definition) is 6. The number of amides is 2. The summed E-state index contributed by atoms with van der Waals surface area (Å²) in [5.41, 5.74) is 1.25. The standard InChI is InChI=1S/C22H24N2O5/c1-5-10-29-19-8-7-16(13-20(19)28-6-2)12-17-15(3)18(14-23)22(26)24(21(17)25)9-11-27-4/h5,7-8,12-13H,1,6,9-11H2,2-4H3/b17-12+. The summed E-state index contributed by atoms with van der Waals surface area (Å²) < 4.78 is 16.2. The normalized spacial score (nSPS) is 15.5. The van der Waals surface area contributed by atoms with E-state index in [1.165, 1.54) is 7.11 Å². The highest BCUT2D eigenvalue weighted by Gasteiger charge is 2.35. The fraction of sp³-hybridized carbons (Fsp3) is 0.318. The number of hydrogen-bond donors (Lipinski definition) is 0. The number of carbonyl (C=O) groups excluding carboxylic acids is 2. The molecule has 0 radical (unpaired) electrons. The van der Waals surface area contributed by atoms with Crippen molar-refractivity contribution in [3.63, 3.8) is 0 Å². The zero-order valence-electron chi connectivity index (χ0n) is 16.9. The molecule has 1 aliphatic rings. The third-order valence-electron chi connectivity index (χ3n) is 4.28. The first-order valence-electron chi connectivity index (χ1n) is 9.17. The van der Waals surface area contributed by atoms with Crippen molar-refractivity contribution in [2.45, 2.75) is 13.8 Å². The molecule has 7 nitrogen and oxygen atoms in total. The molecule has 2 amide bonds. The maximum atomic E-state index is 12.9. The molecule has 2 rings (SSSR count). The minimum Gasteiger partial charge on any atom is -0.490 e. The Morgan fingerprint density at radius 3 is 2.59 bits per heavy atom. The predicted molar refractivity (Wildman–Crippen MR) is 108 cm³/mol. The maximum Gasteiger partial charge on any atom is 0.271 e. The molecule has 1 aromatic rings. The molecule has 1 aliphatic heterocycles. The molecule has 7 heteroatoms. The fourth-order valence-electron chi connectivity index (χ4n) is 2.83. The van der Waals surface area contributed by atoms with Gasteiger partial charge in [-0.3, -0.25) is 14.5 Å². The first-order chi connectivity index (χ1) is 14.0. The molecule has 0 saturated carbocycles. The summed E-state index contributed by atoms with van der Waals surface area (Å²) >= 11 is 0. The average molecular weight is 396 g/mol. The van der Waals surface area contributed by atoms with Gasteiger partial charge in [-0.25, -0.2) is 0 Å². The highest BCUT2D eigenvalue weighted by molar-refractivity contribution is 6.19. The quantitative estimate of drug-likeness (QED) is 0.362. The van der Waals surface area contributed by atoms with Crippen LogP contribution in [0.2, 0.25) is 0 Å². The van der Waals surface area contributed by atoms with Crippen LogP contribution in [0.5, 0.6) is 11.5 Å². The second kappa shape index (κ2) is 10.2. The van der Waals surface area contributed by atoms with E-state index in [4.69, 9.17) is 14.2 Å². The van der Waals surface area contributed by atoms with Gasteiger partial charge in [-0.15, -0.1) is 0 Å². The van der Waals surface area contributed by atoms with Gasteiger partial charge in [0.1, 0.15) is 18.2 Å². The van der Waals surface area contributed by atoms with Crippen molar-refractivity contribution < 1.29 is 23.8 Å². The first kappa shape index (κ1) is 21.9. The molecular weight excluding hydrogens is 372 g/mol. The third-order valence-corrected chi connectivity index (χ3v) is 4.28. The molecule has 29 heavy (non-hydrogen) atoms. The van der Waals surface area contributed by atoms with Crippen LogP contribution >= 0.6 is 0 Å². The van der Waals surface area contributed by atoms with E-state index in [1.807, 2.05) is 13.0 Å². The van der Waals surface area contributed by atoms with Gasteiger partial charge in [-0.05, 0) is 43.2 Å². The highest BCUT2D eigenvalue weighted by atomic mass is 16.5. The summed E-state index contributed by atoms with van der Waals surface area (Å²) in [7, 11) is 1.48. The number of carbonyl (C=O) groups is 2. The van der Waals surface area contributed by atoms with Gasteiger partial charge in [0.2, 0.25) is 0 Å². The van der Waals surface area contributed by atoms with E-state index in [2.05, 4.69) is 6.58 Å². The van der Waals surface area contributed by atoms with E-state index in [1.54, 1.807) is 37.3 Å². The van der Waals surface area contributed by atoms with Gasteiger partial charge >= 0.3 is 0 Å². The van der Waals surface area contributed by atoms with Crippen LogP contribution in [0, 0.1) is 11.3 Å². The van der Waals surface area contributed by atoms with Crippen LogP contribution in [-0.2, 0) is 14.3 Å². The molecule has 1 aromatic carbocycles. The minimum atomic E-state index is -0.604. The van der Waals surface area contributed by atoms with E-state index >= 15 is 0 Å². The Balaban J connectivity index is 2.49. The molecule has 0 atom stereocenters. The number of rotatable bonds is 9. The molecule has 0 aliphatic carbocycles. The monoisotopic (exact) mass is 396 g/mol. The lowest BCUT2D eigenvalue weighted by Gasteiger charge is -2.27. The van der Waals surface area contributed by atoms with Gasteiger partial charge in [0.25, 0.3) is 11.8 Å². The Morgan fingerprint density at radius 1 is 1.21 bits per heavy atom. The molecule has 152 valence electrons. The second-order valence-electron chi connectivity index (χ2n) is 6.16. The Kier molecular flexibility index (Phi) is 7.75. The number of nitriles is 1. The van der Waals surface area contributed by atoms with Crippen LogP contribution in [0.4, 0.5) is 0 Å². The van der Waals surface area contributed by atoms with Crippen molar-refractivity contribution in [3.05, 3.63) is 53.1 Å². The molecule has 0 saturated heterocycles. The van der Waals surface area contributed by atoms with Crippen molar-refractivity contribution in [1.82, 2.24) is 4.90 Å². The minimum absolute atomic E-state index is 0.0529. The van der Waals surface area contributed by atoms with Crippen LogP contribution in [0.3, 0.4) is 0 Å². The Morgan fingerprint density at radius 2 is 1.97 bits per heavy atom. The van der Waals surface area contributed by atoms with E-state index in [0.717, 1.165) is 4.90 Å². The molecule has 0 unspecified atom stereocenters. The third kappa shape index (κ3) is 4.92. The topological polar surface area (TPSA) is 88.9 Å². The number of methoxy groups -OCH3 is 1. The highest BCUT2D eigenvalue weighted by Crippen LogP contribution is 2.32. The summed E-state index contributed by atoms with van der Waals surface area (Å²) in [5.74, 6) is 0.0213. The molecule has 0 N–H and O–H groups in total. The van der Waals surface area contributed by atoms with Crippen LogP contribution in [-0.4, -0.2) is 50.2 Å². The van der Waals surface area contributed by atoms with Gasteiger partial charge < -0.3 is 14.2 Å².